The van der Waals surface area contributed by atoms with Gasteiger partial charge in [0, 0.05) is 65.6 Å². The fourth-order valence-corrected chi connectivity index (χ4v) is 2.68. The Morgan fingerprint density at radius 1 is 0.962 bits per heavy atom. The van der Waals surface area contributed by atoms with E-state index >= 15 is 0 Å². The van der Waals surface area contributed by atoms with Crippen LogP contribution >= 0.6 is 22.7 Å². The van der Waals surface area contributed by atoms with Crippen molar-refractivity contribution < 1.29 is 28.5 Å². The number of ether oxygens (including phenoxy) is 5. The molecule has 2 heterocycles. The topological polar surface area (TPSA) is 89.0 Å². The number of hydrogen-bond acceptors (Lipinski definition) is 10. The third kappa shape index (κ3) is 8.90. The second-order valence-corrected chi connectivity index (χ2v) is 6.37. The molecule has 0 unspecified atom stereocenters. The van der Waals surface area contributed by atoms with E-state index in [4.69, 9.17) is 9.47 Å². The van der Waals surface area contributed by atoms with Gasteiger partial charge in [0.25, 0.3) is 6.48 Å². The number of nitrogens with zero attached hydrogens (tertiary/aromatic N) is 2. The molecule has 148 valence electrons. The molecule has 2 aromatic heterocycles. The summed E-state index contributed by atoms with van der Waals surface area (Å²) in [5.74, 6) is -0.645. The molecule has 2 aromatic rings. The summed E-state index contributed by atoms with van der Waals surface area (Å²) in [6.07, 6.45) is 3.36. The van der Waals surface area contributed by atoms with Gasteiger partial charge in [-0.3, -0.25) is 4.79 Å². The normalized spacial score (nSPS) is 10.6. The molecule has 8 nitrogen and oxygen atoms in total. The molecule has 0 N–H and O–H groups in total. The van der Waals surface area contributed by atoms with Crippen molar-refractivity contribution >= 4 is 28.5 Å². The second-order valence-electron chi connectivity index (χ2n) is 4.58. The first-order chi connectivity index (χ1) is 12.4. The highest BCUT2D eigenvalue weighted by atomic mass is 32.1. The molecule has 0 amide bonds. The Bertz CT molecular complexity index is 564. The predicted molar refractivity (Wildman–Crippen MR) is 100 cm³/mol. The molecule has 0 saturated carbocycles. The van der Waals surface area contributed by atoms with Gasteiger partial charge in [0.1, 0.15) is 0 Å². The Kier molecular flexibility index (Phi) is 13.2. The van der Waals surface area contributed by atoms with E-state index in [0.29, 0.717) is 5.01 Å². The highest BCUT2D eigenvalue weighted by Gasteiger charge is 2.28. The zero-order chi connectivity index (χ0) is 20.0. The number of hydrogen-bond donors (Lipinski definition) is 0. The van der Waals surface area contributed by atoms with Crippen molar-refractivity contribution in [2.24, 2.45) is 0 Å². The van der Waals surface area contributed by atoms with E-state index in [-0.39, 0.29) is 5.78 Å². The van der Waals surface area contributed by atoms with E-state index in [2.05, 4.69) is 24.2 Å². The largest absolute Gasteiger partial charge is 0.348 e. The van der Waals surface area contributed by atoms with Crippen molar-refractivity contribution in [1.82, 2.24) is 9.97 Å². The van der Waals surface area contributed by atoms with Crippen LogP contribution in [0, 0.1) is 0 Å². The number of aromatic nitrogens is 2. The number of methoxy groups -OCH3 is 5. The van der Waals surface area contributed by atoms with Crippen LogP contribution in [0.25, 0.3) is 0 Å². The number of rotatable bonds is 7. The Labute approximate surface area is 162 Å². The third-order valence-corrected chi connectivity index (χ3v) is 4.74. The monoisotopic (exact) mass is 406 g/mol. The highest BCUT2D eigenvalue weighted by molar-refractivity contribution is 7.11. The maximum atomic E-state index is 10.5. The van der Waals surface area contributed by atoms with Gasteiger partial charge in [-0.2, -0.15) is 0 Å². The van der Waals surface area contributed by atoms with E-state index in [0.717, 1.165) is 5.01 Å². The Morgan fingerprint density at radius 3 is 1.69 bits per heavy atom. The van der Waals surface area contributed by atoms with E-state index < -0.39 is 12.3 Å². The van der Waals surface area contributed by atoms with Crippen LogP contribution < -0.4 is 0 Å². The van der Waals surface area contributed by atoms with Crippen molar-refractivity contribution in [2.45, 2.75) is 26.1 Å². The number of thiazole rings is 2. The molecule has 0 spiro atoms. The zero-order valence-electron chi connectivity index (χ0n) is 16.0. The first-order valence-corrected chi connectivity index (χ1v) is 9.13. The smallest absolute Gasteiger partial charge is 0.270 e. The zero-order valence-corrected chi connectivity index (χ0v) is 17.7. The maximum Gasteiger partial charge on any atom is 0.270 e. The number of ketones is 1. The minimum Gasteiger partial charge on any atom is -0.348 e. The quantitative estimate of drug-likeness (QED) is 0.512. The molecular formula is C16H26N2O6S2. The van der Waals surface area contributed by atoms with E-state index in [1.54, 1.807) is 32.0 Å². The van der Waals surface area contributed by atoms with Crippen LogP contribution in [0.4, 0.5) is 0 Å². The first-order valence-electron chi connectivity index (χ1n) is 7.37. The predicted octanol–water partition coefficient (Wildman–Crippen LogP) is 3.16. The fourth-order valence-electron chi connectivity index (χ4n) is 1.39. The lowest BCUT2D eigenvalue weighted by atomic mass is 10.3. The van der Waals surface area contributed by atoms with Gasteiger partial charge >= 0.3 is 0 Å². The molecular weight excluding hydrogens is 380 g/mol. The fraction of sp³-hybridized carbons (Fsp3) is 0.562. The lowest BCUT2D eigenvalue weighted by Crippen LogP contribution is -2.26. The Morgan fingerprint density at radius 2 is 1.46 bits per heavy atom. The molecule has 0 fully saturated rings. The van der Waals surface area contributed by atoms with Crippen molar-refractivity contribution in [3.63, 3.8) is 0 Å². The summed E-state index contributed by atoms with van der Waals surface area (Å²) in [4.78, 5) is 18.3. The SMILES string of the molecule is CC(=O)c1nccs1.COC(C)(OC)c1nccs1.COC(OC)OC. The van der Waals surface area contributed by atoms with Gasteiger partial charge in [0.05, 0.1) is 0 Å². The molecule has 0 aromatic carbocycles. The maximum absolute atomic E-state index is 10.5. The summed E-state index contributed by atoms with van der Waals surface area (Å²) in [5, 5.41) is 5.11. The number of carbonyl (C=O) groups excluding carboxylic acids is 1. The summed E-state index contributed by atoms with van der Waals surface area (Å²) < 4.78 is 24.1. The van der Waals surface area contributed by atoms with Gasteiger partial charge in [-0.1, -0.05) is 0 Å². The minimum absolute atomic E-state index is 0.0417. The molecule has 0 aliphatic heterocycles. The van der Waals surface area contributed by atoms with Crippen LogP contribution in [0.5, 0.6) is 0 Å². The third-order valence-electron chi connectivity index (χ3n) is 2.91. The molecule has 0 atom stereocenters. The molecule has 26 heavy (non-hydrogen) atoms. The number of carbonyl (C=O) groups is 1. The summed E-state index contributed by atoms with van der Waals surface area (Å²) in [5.41, 5.74) is 0. The van der Waals surface area contributed by atoms with Gasteiger partial charge in [-0.05, 0) is 6.92 Å². The lowest BCUT2D eigenvalue weighted by Gasteiger charge is -2.23. The van der Waals surface area contributed by atoms with Crippen LogP contribution in [0.2, 0.25) is 0 Å². The van der Waals surface area contributed by atoms with Gasteiger partial charge in [-0.15, -0.1) is 22.7 Å². The average Bonchev–Trinajstić information content (AvgIpc) is 3.37. The van der Waals surface area contributed by atoms with Crippen LogP contribution in [0.1, 0.15) is 28.7 Å². The number of Topliss-reactive ketones (excluding diaryl/α,β-unsaturated/α-hetero) is 1. The van der Waals surface area contributed by atoms with E-state index in [1.165, 1.54) is 50.9 Å². The summed E-state index contributed by atoms with van der Waals surface area (Å²) in [7, 11) is 7.74. The molecule has 0 bridgehead atoms. The van der Waals surface area contributed by atoms with Crippen LogP contribution in [-0.2, 0) is 29.5 Å². The standard InChI is InChI=1S/C7H11NO2S.C5H5NOS.C4H10O3/c1-7(9-2,10-3)6-8-4-5-11-6;1-4(7)5-6-2-3-8-5;1-5-4(6-2)7-3/h4-5H,1-3H3;2-3H,1H3;4H,1-3H3. The summed E-state index contributed by atoms with van der Waals surface area (Å²) >= 11 is 2.89. The first kappa shape index (κ1) is 24.7. The van der Waals surface area contributed by atoms with Crippen molar-refractivity contribution in [3.8, 4) is 0 Å². The summed E-state index contributed by atoms with van der Waals surface area (Å²) in [6.45, 7) is 2.84. The lowest BCUT2D eigenvalue weighted by molar-refractivity contribution is -0.252. The second kappa shape index (κ2) is 13.9. The Hall–Kier alpha value is -1.27. The van der Waals surface area contributed by atoms with Crippen LogP contribution in [-0.4, -0.2) is 57.8 Å². The van der Waals surface area contributed by atoms with Gasteiger partial charge in [0.2, 0.25) is 5.79 Å². The van der Waals surface area contributed by atoms with Crippen molar-refractivity contribution in [1.29, 1.82) is 0 Å². The van der Waals surface area contributed by atoms with Crippen LogP contribution in [0.15, 0.2) is 23.2 Å². The van der Waals surface area contributed by atoms with Gasteiger partial charge in [-0.25, -0.2) is 9.97 Å². The Balaban J connectivity index is 0.000000373. The van der Waals surface area contributed by atoms with Crippen molar-refractivity contribution in [3.05, 3.63) is 33.2 Å². The molecule has 2 rings (SSSR count). The van der Waals surface area contributed by atoms with Gasteiger partial charge < -0.3 is 23.7 Å². The van der Waals surface area contributed by atoms with Gasteiger partial charge in [0.15, 0.2) is 15.8 Å². The molecule has 0 aliphatic rings. The molecule has 0 radical (unpaired) electrons. The molecule has 0 saturated heterocycles. The average molecular weight is 407 g/mol. The van der Waals surface area contributed by atoms with Crippen LogP contribution in [0.3, 0.4) is 0 Å². The minimum atomic E-state index is -0.686. The van der Waals surface area contributed by atoms with E-state index in [9.17, 15) is 4.79 Å². The summed E-state index contributed by atoms with van der Waals surface area (Å²) in [6, 6.07) is 0. The van der Waals surface area contributed by atoms with Crippen molar-refractivity contribution in [2.75, 3.05) is 35.5 Å². The highest BCUT2D eigenvalue weighted by Crippen LogP contribution is 2.26. The molecule has 0 aliphatic carbocycles. The molecule has 10 heteroatoms. The van der Waals surface area contributed by atoms with E-state index in [1.807, 2.05) is 12.3 Å².